The summed E-state index contributed by atoms with van der Waals surface area (Å²) >= 11 is 1.30. The van der Waals surface area contributed by atoms with Gasteiger partial charge < -0.3 is 4.57 Å². The molecule has 0 spiro atoms. The van der Waals surface area contributed by atoms with Crippen molar-refractivity contribution in [2.24, 2.45) is 0 Å². The summed E-state index contributed by atoms with van der Waals surface area (Å²) < 4.78 is 1.99. The van der Waals surface area contributed by atoms with Crippen LogP contribution in [0.2, 0.25) is 0 Å². The number of aryl methyl sites for hydroxylation is 1. The Kier molecular flexibility index (Phi) is 5.72. The average Bonchev–Trinajstić information content (AvgIpc) is 3.43. The lowest BCUT2D eigenvalue weighted by atomic mass is 10.1. The van der Waals surface area contributed by atoms with Crippen molar-refractivity contribution in [2.75, 3.05) is 0 Å². The molecule has 150 valence electrons. The van der Waals surface area contributed by atoms with Crippen LogP contribution >= 0.6 is 11.3 Å². The molecular formula is C23H20N4O2S. The lowest BCUT2D eigenvalue weighted by molar-refractivity contribution is -0.121. The molecule has 2 amide bonds. The molecule has 0 unspecified atom stereocenters. The number of amides is 2. The second-order valence-corrected chi connectivity index (χ2v) is 7.73. The number of nitrogens with zero attached hydrogens (tertiary/aromatic N) is 2. The van der Waals surface area contributed by atoms with E-state index in [0.29, 0.717) is 10.6 Å². The lowest BCUT2D eigenvalue weighted by Gasteiger charge is -2.08. The van der Waals surface area contributed by atoms with Crippen LogP contribution in [0, 0.1) is 6.92 Å². The molecule has 4 rings (SSSR count). The van der Waals surface area contributed by atoms with Crippen molar-refractivity contribution < 1.29 is 9.59 Å². The van der Waals surface area contributed by atoms with Crippen molar-refractivity contribution in [2.45, 2.75) is 13.3 Å². The van der Waals surface area contributed by atoms with Crippen LogP contribution in [0.3, 0.4) is 0 Å². The summed E-state index contributed by atoms with van der Waals surface area (Å²) in [7, 11) is 0. The Bertz CT molecular complexity index is 1150. The van der Waals surface area contributed by atoms with E-state index in [-0.39, 0.29) is 18.2 Å². The SMILES string of the molecule is Cc1nc(-c2ccccc2)sc1C(=O)NNC(=O)Cc1ccc(-n2cccc2)cc1. The molecule has 7 heteroatoms. The van der Waals surface area contributed by atoms with Crippen LogP contribution in [0.25, 0.3) is 16.3 Å². The van der Waals surface area contributed by atoms with Crippen molar-refractivity contribution in [3.8, 4) is 16.3 Å². The van der Waals surface area contributed by atoms with Crippen molar-refractivity contribution in [1.29, 1.82) is 0 Å². The number of hydrogen-bond acceptors (Lipinski definition) is 4. The number of aromatic nitrogens is 2. The first-order chi connectivity index (χ1) is 14.6. The van der Waals surface area contributed by atoms with E-state index in [1.807, 2.05) is 83.7 Å². The molecular weight excluding hydrogens is 396 g/mol. The molecule has 2 N–H and O–H groups in total. The maximum Gasteiger partial charge on any atom is 0.281 e. The molecule has 0 saturated heterocycles. The van der Waals surface area contributed by atoms with Crippen LogP contribution in [-0.2, 0) is 11.2 Å². The highest BCUT2D eigenvalue weighted by atomic mass is 32.1. The van der Waals surface area contributed by atoms with Gasteiger partial charge in [-0.1, -0.05) is 42.5 Å². The maximum atomic E-state index is 12.5. The van der Waals surface area contributed by atoms with Gasteiger partial charge in [-0.3, -0.25) is 20.4 Å². The Morgan fingerprint density at radius 3 is 2.33 bits per heavy atom. The summed E-state index contributed by atoms with van der Waals surface area (Å²) in [6, 6.07) is 21.3. The van der Waals surface area contributed by atoms with E-state index >= 15 is 0 Å². The summed E-state index contributed by atoms with van der Waals surface area (Å²) in [5.74, 6) is -0.661. The molecule has 0 atom stereocenters. The zero-order valence-electron chi connectivity index (χ0n) is 16.3. The van der Waals surface area contributed by atoms with E-state index in [4.69, 9.17) is 0 Å². The molecule has 0 aliphatic rings. The standard InChI is InChI=1S/C23H20N4O2S/c1-16-21(30-23(24-16)18-7-3-2-4-8-18)22(29)26-25-20(28)15-17-9-11-19(12-10-17)27-13-5-6-14-27/h2-14H,15H2,1H3,(H,25,28)(H,26,29). The van der Waals surface area contributed by atoms with Crippen LogP contribution in [-0.4, -0.2) is 21.4 Å². The molecule has 2 heterocycles. The number of thiazole rings is 1. The predicted molar refractivity (Wildman–Crippen MR) is 117 cm³/mol. The fraction of sp³-hybridized carbons (Fsp3) is 0.0870. The lowest BCUT2D eigenvalue weighted by Crippen LogP contribution is -2.42. The van der Waals surface area contributed by atoms with Crippen molar-refractivity contribution >= 4 is 23.2 Å². The van der Waals surface area contributed by atoms with E-state index in [1.54, 1.807) is 6.92 Å². The Balaban J connectivity index is 1.34. The fourth-order valence-corrected chi connectivity index (χ4v) is 3.98. The van der Waals surface area contributed by atoms with Crippen LogP contribution < -0.4 is 10.9 Å². The number of carbonyl (C=O) groups excluding carboxylic acids is 2. The molecule has 2 aromatic heterocycles. The van der Waals surface area contributed by atoms with E-state index in [0.717, 1.165) is 21.8 Å². The first kappa shape index (κ1) is 19.6. The van der Waals surface area contributed by atoms with Gasteiger partial charge in [-0.2, -0.15) is 0 Å². The highest BCUT2D eigenvalue weighted by molar-refractivity contribution is 7.17. The minimum Gasteiger partial charge on any atom is -0.324 e. The van der Waals surface area contributed by atoms with Crippen molar-refractivity contribution in [3.63, 3.8) is 0 Å². The number of benzene rings is 2. The van der Waals surface area contributed by atoms with Gasteiger partial charge in [0.05, 0.1) is 12.1 Å². The highest BCUT2D eigenvalue weighted by Crippen LogP contribution is 2.27. The molecule has 2 aromatic carbocycles. The second-order valence-electron chi connectivity index (χ2n) is 6.74. The van der Waals surface area contributed by atoms with Crippen LogP contribution in [0.5, 0.6) is 0 Å². The summed E-state index contributed by atoms with van der Waals surface area (Å²) in [6.07, 6.45) is 4.09. The molecule has 0 aliphatic carbocycles. The van der Waals surface area contributed by atoms with E-state index in [1.165, 1.54) is 11.3 Å². The van der Waals surface area contributed by atoms with Gasteiger partial charge in [0.15, 0.2) is 0 Å². The minimum atomic E-state index is -0.372. The summed E-state index contributed by atoms with van der Waals surface area (Å²) in [5.41, 5.74) is 8.44. The average molecular weight is 417 g/mol. The zero-order valence-corrected chi connectivity index (χ0v) is 17.1. The first-order valence-electron chi connectivity index (χ1n) is 9.44. The van der Waals surface area contributed by atoms with Crippen LogP contribution in [0.1, 0.15) is 20.9 Å². The number of carbonyl (C=O) groups is 2. The molecule has 0 bridgehead atoms. The largest absolute Gasteiger partial charge is 0.324 e. The molecule has 0 saturated carbocycles. The van der Waals surface area contributed by atoms with Gasteiger partial charge in [-0.25, -0.2) is 4.98 Å². The smallest absolute Gasteiger partial charge is 0.281 e. The Labute approximate surface area is 178 Å². The maximum absolute atomic E-state index is 12.5. The third kappa shape index (κ3) is 4.47. The quantitative estimate of drug-likeness (QED) is 0.484. The Hall–Kier alpha value is -3.71. The van der Waals surface area contributed by atoms with Crippen LogP contribution in [0.4, 0.5) is 0 Å². The first-order valence-corrected chi connectivity index (χ1v) is 10.3. The molecule has 30 heavy (non-hydrogen) atoms. The molecule has 0 aliphatic heterocycles. The minimum absolute atomic E-state index is 0.170. The topological polar surface area (TPSA) is 76.0 Å². The second kappa shape index (κ2) is 8.75. The van der Waals surface area contributed by atoms with Gasteiger partial charge in [-0.15, -0.1) is 11.3 Å². The van der Waals surface area contributed by atoms with Gasteiger partial charge in [0, 0.05) is 23.6 Å². The number of rotatable bonds is 5. The monoisotopic (exact) mass is 416 g/mol. The van der Waals surface area contributed by atoms with Gasteiger partial charge in [-0.05, 0) is 36.8 Å². The summed E-state index contributed by atoms with van der Waals surface area (Å²) in [5, 5.41) is 0.771. The number of hydrogen-bond donors (Lipinski definition) is 2. The zero-order chi connectivity index (χ0) is 20.9. The molecule has 0 radical (unpaired) electrons. The molecule has 0 fully saturated rings. The molecule has 4 aromatic rings. The number of hydrazine groups is 1. The van der Waals surface area contributed by atoms with Gasteiger partial charge in [0.1, 0.15) is 9.88 Å². The highest BCUT2D eigenvalue weighted by Gasteiger charge is 2.16. The van der Waals surface area contributed by atoms with Gasteiger partial charge in [0.25, 0.3) is 5.91 Å². The Morgan fingerprint density at radius 2 is 1.63 bits per heavy atom. The normalized spacial score (nSPS) is 10.6. The van der Waals surface area contributed by atoms with Crippen molar-refractivity contribution in [1.82, 2.24) is 20.4 Å². The van der Waals surface area contributed by atoms with E-state index < -0.39 is 0 Å². The van der Waals surface area contributed by atoms with Gasteiger partial charge in [0.2, 0.25) is 5.91 Å². The molecule has 6 nitrogen and oxygen atoms in total. The predicted octanol–water partition coefficient (Wildman–Crippen LogP) is 3.91. The third-order valence-electron chi connectivity index (χ3n) is 4.54. The van der Waals surface area contributed by atoms with Gasteiger partial charge >= 0.3 is 0 Å². The van der Waals surface area contributed by atoms with Crippen LogP contribution in [0.15, 0.2) is 79.1 Å². The Morgan fingerprint density at radius 1 is 0.933 bits per heavy atom. The fourth-order valence-electron chi connectivity index (χ4n) is 3.02. The third-order valence-corrected chi connectivity index (χ3v) is 5.75. The van der Waals surface area contributed by atoms with E-state index in [2.05, 4.69) is 15.8 Å². The van der Waals surface area contributed by atoms with Crippen molar-refractivity contribution in [3.05, 3.63) is 95.3 Å². The number of nitrogens with one attached hydrogen (secondary N) is 2. The summed E-state index contributed by atoms with van der Waals surface area (Å²) in [4.78, 5) is 29.7. The van der Waals surface area contributed by atoms with E-state index in [9.17, 15) is 9.59 Å². The summed E-state index contributed by atoms with van der Waals surface area (Å²) in [6.45, 7) is 1.78.